The zero-order valence-corrected chi connectivity index (χ0v) is 20.9. The number of allylic oxidation sites excluding steroid dienone is 1. The first kappa shape index (κ1) is 25.5. The predicted molar refractivity (Wildman–Crippen MR) is 137 cm³/mol. The van der Waals surface area contributed by atoms with Crippen LogP contribution in [0.15, 0.2) is 72.1 Å². The van der Waals surface area contributed by atoms with Crippen LogP contribution in [-0.2, 0) is 0 Å². The van der Waals surface area contributed by atoms with Crippen LogP contribution < -0.4 is 29.4 Å². The monoisotopic (exact) mass is 500 g/mol. The Hall–Kier alpha value is -4.64. The molecule has 1 heterocycles. The normalized spacial score (nSPS) is 14.2. The number of benzene rings is 3. The van der Waals surface area contributed by atoms with Gasteiger partial charge in [0.25, 0.3) is 0 Å². The SMILES string of the molecule is CCCCOc1cccc(C(=O)Oc2ccc3c(c2)OC(N)=C(C#N)C3c2ccc(OC)c(OC)c2)c1. The third-order valence-electron chi connectivity index (χ3n) is 5.98. The molecule has 1 aliphatic rings. The zero-order valence-electron chi connectivity index (χ0n) is 20.9. The van der Waals surface area contributed by atoms with E-state index in [0.717, 1.165) is 18.4 Å². The minimum Gasteiger partial charge on any atom is -0.494 e. The number of rotatable bonds is 9. The maximum absolute atomic E-state index is 12.8. The van der Waals surface area contributed by atoms with Crippen molar-refractivity contribution in [2.75, 3.05) is 20.8 Å². The summed E-state index contributed by atoms with van der Waals surface area (Å²) in [5, 5.41) is 9.83. The number of nitrogens with two attached hydrogens (primary N) is 1. The number of carbonyl (C=O) groups is 1. The molecule has 0 aromatic heterocycles. The Labute approximate surface area is 215 Å². The van der Waals surface area contributed by atoms with Crippen molar-refractivity contribution < 1.29 is 28.5 Å². The third kappa shape index (κ3) is 5.46. The highest BCUT2D eigenvalue weighted by Gasteiger charge is 2.31. The van der Waals surface area contributed by atoms with E-state index in [0.29, 0.717) is 40.7 Å². The van der Waals surface area contributed by atoms with E-state index < -0.39 is 11.9 Å². The summed E-state index contributed by atoms with van der Waals surface area (Å²) in [5.41, 5.74) is 8.22. The largest absolute Gasteiger partial charge is 0.494 e. The first-order chi connectivity index (χ1) is 18.0. The molecule has 4 rings (SSSR count). The van der Waals surface area contributed by atoms with Gasteiger partial charge in [0.15, 0.2) is 11.5 Å². The van der Waals surface area contributed by atoms with Crippen LogP contribution in [0, 0.1) is 11.3 Å². The number of nitrogens with zero attached hydrogens (tertiary/aromatic N) is 1. The predicted octanol–water partition coefficient (Wildman–Crippen LogP) is 5.32. The first-order valence-corrected chi connectivity index (χ1v) is 11.9. The molecule has 0 aliphatic carbocycles. The molecule has 0 fully saturated rings. The number of carbonyl (C=O) groups excluding carboxylic acids is 1. The van der Waals surface area contributed by atoms with Crippen molar-refractivity contribution >= 4 is 5.97 Å². The maximum Gasteiger partial charge on any atom is 0.343 e. The average Bonchev–Trinajstić information content (AvgIpc) is 2.92. The summed E-state index contributed by atoms with van der Waals surface area (Å²) in [6.45, 7) is 2.66. The van der Waals surface area contributed by atoms with Crippen LogP contribution in [0.5, 0.6) is 28.7 Å². The van der Waals surface area contributed by atoms with E-state index in [1.165, 1.54) is 0 Å². The van der Waals surface area contributed by atoms with Crippen LogP contribution in [0.3, 0.4) is 0 Å². The van der Waals surface area contributed by atoms with Gasteiger partial charge in [-0.05, 0) is 48.4 Å². The van der Waals surface area contributed by atoms with Gasteiger partial charge in [0.2, 0.25) is 5.88 Å². The van der Waals surface area contributed by atoms with Gasteiger partial charge in [-0.15, -0.1) is 0 Å². The molecule has 0 saturated carbocycles. The summed E-state index contributed by atoms with van der Waals surface area (Å²) < 4.78 is 27.8. The van der Waals surface area contributed by atoms with Gasteiger partial charge in [-0.2, -0.15) is 5.26 Å². The van der Waals surface area contributed by atoms with Crippen LogP contribution in [0.25, 0.3) is 0 Å². The van der Waals surface area contributed by atoms with Gasteiger partial charge in [-0.3, -0.25) is 0 Å². The van der Waals surface area contributed by atoms with Crippen molar-refractivity contribution in [3.05, 3.63) is 88.8 Å². The van der Waals surface area contributed by atoms with E-state index in [4.69, 9.17) is 29.4 Å². The van der Waals surface area contributed by atoms with E-state index in [-0.39, 0.29) is 17.2 Å². The Bertz CT molecular complexity index is 1380. The van der Waals surface area contributed by atoms with Crippen LogP contribution >= 0.6 is 0 Å². The summed E-state index contributed by atoms with van der Waals surface area (Å²) in [5.74, 6) is 1.31. The maximum atomic E-state index is 12.8. The topological polar surface area (TPSA) is 113 Å². The molecule has 0 spiro atoms. The lowest BCUT2D eigenvalue weighted by atomic mass is 9.83. The molecule has 1 aliphatic heterocycles. The van der Waals surface area contributed by atoms with Crippen molar-refractivity contribution in [1.29, 1.82) is 5.26 Å². The summed E-state index contributed by atoms with van der Waals surface area (Å²) in [4.78, 5) is 12.8. The fourth-order valence-corrected chi connectivity index (χ4v) is 4.09. The molecule has 0 bridgehead atoms. The van der Waals surface area contributed by atoms with E-state index in [1.54, 1.807) is 68.8 Å². The van der Waals surface area contributed by atoms with Gasteiger partial charge in [0.1, 0.15) is 28.9 Å². The fraction of sp³-hybridized carbons (Fsp3) is 0.241. The van der Waals surface area contributed by atoms with Crippen LogP contribution in [0.1, 0.15) is 47.2 Å². The summed E-state index contributed by atoms with van der Waals surface area (Å²) in [6.07, 6.45) is 1.95. The van der Waals surface area contributed by atoms with Gasteiger partial charge >= 0.3 is 5.97 Å². The molecule has 8 nitrogen and oxygen atoms in total. The van der Waals surface area contributed by atoms with Crippen molar-refractivity contribution in [2.24, 2.45) is 5.73 Å². The van der Waals surface area contributed by atoms with E-state index in [9.17, 15) is 10.1 Å². The Morgan fingerprint density at radius 1 is 1.03 bits per heavy atom. The van der Waals surface area contributed by atoms with E-state index in [1.807, 2.05) is 6.07 Å². The second kappa shape index (κ2) is 11.4. The number of esters is 1. The molecular formula is C29H28N2O6. The molecule has 8 heteroatoms. The Balaban J connectivity index is 1.62. The molecule has 190 valence electrons. The number of nitriles is 1. The lowest BCUT2D eigenvalue weighted by Gasteiger charge is -2.27. The van der Waals surface area contributed by atoms with Crippen molar-refractivity contribution in [3.8, 4) is 34.8 Å². The Kier molecular flexibility index (Phi) is 7.84. The first-order valence-electron chi connectivity index (χ1n) is 11.9. The zero-order chi connectivity index (χ0) is 26.4. The highest BCUT2D eigenvalue weighted by molar-refractivity contribution is 5.91. The summed E-state index contributed by atoms with van der Waals surface area (Å²) in [7, 11) is 3.10. The van der Waals surface area contributed by atoms with E-state index in [2.05, 4.69) is 13.0 Å². The minimum atomic E-state index is -0.533. The molecule has 0 radical (unpaired) electrons. The number of hydrogen-bond acceptors (Lipinski definition) is 8. The highest BCUT2D eigenvalue weighted by Crippen LogP contribution is 2.45. The van der Waals surface area contributed by atoms with Crippen LogP contribution in [0.4, 0.5) is 0 Å². The quantitative estimate of drug-likeness (QED) is 0.239. The standard InChI is InChI=1S/C29H28N2O6/c1-4-5-13-35-20-8-6-7-19(14-20)29(32)36-21-10-11-22-25(16-21)37-28(31)23(17-30)27(22)18-9-12-24(33-2)26(15-18)34-3/h6-12,14-16,27H,4-5,13,31H2,1-3H3. The molecule has 1 atom stereocenters. The number of methoxy groups -OCH3 is 2. The second-order valence-electron chi connectivity index (χ2n) is 8.36. The molecule has 3 aromatic carbocycles. The summed E-state index contributed by atoms with van der Waals surface area (Å²) in [6, 6.07) is 19.4. The molecule has 1 unspecified atom stereocenters. The highest BCUT2D eigenvalue weighted by atomic mass is 16.5. The minimum absolute atomic E-state index is 0.0183. The molecule has 3 aromatic rings. The number of unbranched alkanes of at least 4 members (excludes halogenated alkanes) is 1. The Morgan fingerprint density at radius 3 is 2.57 bits per heavy atom. The van der Waals surface area contributed by atoms with Gasteiger partial charge in [0.05, 0.1) is 32.3 Å². The van der Waals surface area contributed by atoms with Crippen molar-refractivity contribution in [3.63, 3.8) is 0 Å². The van der Waals surface area contributed by atoms with Crippen LogP contribution in [0.2, 0.25) is 0 Å². The number of ether oxygens (including phenoxy) is 5. The van der Waals surface area contributed by atoms with Crippen LogP contribution in [-0.4, -0.2) is 26.8 Å². The van der Waals surface area contributed by atoms with Gasteiger partial charge in [-0.1, -0.05) is 31.5 Å². The van der Waals surface area contributed by atoms with Crippen molar-refractivity contribution in [2.45, 2.75) is 25.7 Å². The van der Waals surface area contributed by atoms with Gasteiger partial charge in [-0.25, -0.2) is 4.79 Å². The molecule has 0 saturated heterocycles. The molecule has 37 heavy (non-hydrogen) atoms. The molecule has 2 N–H and O–H groups in total. The fourth-order valence-electron chi connectivity index (χ4n) is 4.09. The molecule has 0 amide bonds. The van der Waals surface area contributed by atoms with Gasteiger partial charge < -0.3 is 29.4 Å². The number of fused-ring (bicyclic) bond motifs is 1. The van der Waals surface area contributed by atoms with Crippen molar-refractivity contribution in [1.82, 2.24) is 0 Å². The number of hydrogen-bond donors (Lipinski definition) is 1. The lowest BCUT2D eigenvalue weighted by molar-refractivity contribution is 0.0734. The average molecular weight is 501 g/mol. The Morgan fingerprint density at radius 2 is 1.84 bits per heavy atom. The van der Waals surface area contributed by atoms with Gasteiger partial charge in [0, 0.05) is 11.6 Å². The summed E-state index contributed by atoms with van der Waals surface area (Å²) >= 11 is 0. The third-order valence-corrected chi connectivity index (χ3v) is 5.98. The second-order valence-corrected chi connectivity index (χ2v) is 8.36. The molecular weight excluding hydrogens is 472 g/mol. The smallest absolute Gasteiger partial charge is 0.343 e. The lowest BCUT2D eigenvalue weighted by Crippen LogP contribution is -2.21. The van der Waals surface area contributed by atoms with E-state index >= 15 is 0 Å².